The van der Waals surface area contributed by atoms with Gasteiger partial charge in [0.1, 0.15) is 0 Å². The molecule has 1 heterocycles. The Bertz CT molecular complexity index is 438. The zero-order valence-corrected chi connectivity index (χ0v) is 13.2. The van der Waals surface area contributed by atoms with Gasteiger partial charge in [0.2, 0.25) is 0 Å². The van der Waals surface area contributed by atoms with Crippen molar-refractivity contribution in [3.05, 3.63) is 28.8 Å². The summed E-state index contributed by atoms with van der Waals surface area (Å²) in [4.78, 5) is 2.29. The van der Waals surface area contributed by atoms with E-state index in [4.69, 9.17) is 11.6 Å². The van der Waals surface area contributed by atoms with Crippen molar-refractivity contribution in [1.29, 1.82) is 0 Å². The minimum atomic E-state index is 0.215. The number of rotatable bonds is 5. The molecule has 0 saturated carbocycles. The highest BCUT2D eigenvalue weighted by Gasteiger charge is 2.22. The van der Waals surface area contributed by atoms with Crippen molar-refractivity contribution in [2.24, 2.45) is 0 Å². The average molecular weight is 297 g/mol. The number of piperidine rings is 1. The number of halogens is 1. The van der Waals surface area contributed by atoms with Crippen LogP contribution in [-0.2, 0) is 0 Å². The molecule has 2 atom stereocenters. The molecule has 1 fully saturated rings. The van der Waals surface area contributed by atoms with Crippen molar-refractivity contribution >= 4 is 17.3 Å². The Morgan fingerprint density at radius 1 is 1.45 bits per heavy atom. The van der Waals surface area contributed by atoms with Crippen molar-refractivity contribution in [2.45, 2.75) is 45.2 Å². The van der Waals surface area contributed by atoms with Crippen molar-refractivity contribution in [3.8, 4) is 0 Å². The molecule has 20 heavy (non-hydrogen) atoms. The van der Waals surface area contributed by atoms with Gasteiger partial charge in [-0.25, -0.2) is 0 Å². The molecule has 1 aromatic rings. The first-order valence-corrected chi connectivity index (χ1v) is 7.95. The molecule has 2 N–H and O–H groups in total. The molecule has 0 aliphatic carbocycles. The third-order valence-corrected chi connectivity index (χ3v) is 4.46. The van der Waals surface area contributed by atoms with Crippen molar-refractivity contribution in [1.82, 2.24) is 5.32 Å². The normalized spacial score (nSPS) is 21.0. The Morgan fingerprint density at radius 3 is 2.90 bits per heavy atom. The summed E-state index contributed by atoms with van der Waals surface area (Å²) >= 11 is 6.44. The Morgan fingerprint density at radius 2 is 2.25 bits per heavy atom. The van der Waals surface area contributed by atoms with Crippen LogP contribution >= 0.6 is 11.6 Å². The average Bonchev–Trinajstić information content (AvgIpc) is 2.47. The second-order valence-corrected chi connectivity index (χ2v) is 5.92. The van der Waals surface area contributed by atoms with Crippen molar-refractivity contribution in [3.63, 3.8) is 0 Å². The zero-order valence-electron chi connectivity index (χ0n) is 12.4. The fraction of sp³-hybridized carbons (Fsp3) is 0.625. The van der Waals surface area contributed by atoms with Crippen LogP contribution in [0, 0.1) is 0 Å². The van der Waals surface area contributed by atoms with Gasteiger partial charge in [0.25, 0.3) is 0 Å². The van der Waals surface area contributed by atoms with E-state index in [0.717, 1.165) is 35.8 Å². The second-order valence-electron chi connectivity index (χ2n) is 5.51. The highest BCUT2D eigenvalue weighted by atomic mass is 35.5. The highest BCUT2D eigenvalue weighted by Crippen LogP contribution is 2.31. The summed E-state index contributed by atoms with van der Waals surface area (Å²) < 4.78 is 0. The number of aliphatic hydroxyl groups is 1. The standard InChI is InChI=1S/C16H25ClN2O/c1-3-18-12(2)15-8-7-13(10-16(15)17)19-9-5-4-6-14(19)11-20/h7-8,10,12,14,18,20H,3-6,9,11H2,1-2H3. The van der Waals surface area contributed by atoms with Crippen LogP contribution in [0.15, 0.2) is 18.2 Å². The van der Waals surface area contributed by atoms with Crippen LogP contribution in [0.4, 0.5) is 5.69 Å². The molecule has 0 spiro atoms. The lowest BCUT2D eigenvalue weighted by molar-refractivity contribution is 0.240. The third kappa shape index (κ3) is 3.46. The highest BCUT2D eigenvalue weighted by molar-refractivity contribution is 6.31. The van der Waals surface area contributed by atoms with E-state index in [1.54, 1.807) is 0 Å². The molecule has 0 radical (unpaired) electrons. The van der Waals surface area contributed by atoms with Gasteiger partial charge in [0.05, 0.1) is 12.6 Å². The zero-order chi connectivity index (χ0) is 14.5. The van der Waals surface area contributed by atoms with Crippen LogP contribution < -0.4 is 10.2 Å². The number of hydrogen-bond acceptors (Lipinski definition) is 3. The van der Waals surface area contributed by atoms with Gasteiger partial charge in [-0.1, -0.05) is 24.6 Å². The SMILES string of the molecule is CCNC(C)c1ccc(N2CCCCC2CO)cc1Cl. The van der Waals surface area contributed by atoms with Crippen LogP contribution in [0.1, 0.15) is 44.7 Å². The summed E-state index contributed by atoms with van der Waals surface area (Å²) in [5, 5.41) is 13.7. The van der Waals surface area contributed by atoms with Crippen LogP contribution in [0.2, 0.25) is 5.02 Å². The molecule has 4 heteroatoms. The van der Waals surface area contributed by atoms with Crippen LogP contribution in [0.25, 0.3) is 0 Å². The third-order valence-electron chi connectivity index (χ3n) is 4.13. The van der Waals surface area contributed by atoms with Crippen LogP contribution in [0.3, 0.4) is 0 Å². The van der Waals surface area contributed by atoms with Gasteiger partial charge in [-0.2, -0.15) is 0 Å². The van der Waals surface area contributed by atoms with Gasteiger partial charge in [0, 0.05) is 23.3 Å². The second kappa shape index (κ2) is 7.30. The number of nitrogens with one attached hydrogen (secondary N) is 1. The maximum atomic E-state index is 9.52. The maximum Gasteiger partial charge on any atom is 0.0635 e. The van der Waals surface area contributed by atoms with Gasteiger partial charge in [-0.05, 0) is 50.4 Å². The van der Waals surface area contributed by atoms with E-state index < -0.39 is 0 Å². The lowest BCUT2D eigenvalue weighted by atomic mass is 10.0. The fourth-order valence-corrected chi connectivity index (χ4v) is 3.33. The van der Waals surface area contributed by atoms with Crippen molar-refractivity contribution < 1.29 is 5.11 Å². The van der Waals surface area contributed by atoms with E-state index in [-0.39, 0.29) is 18.7 Å². The van der Waals surface area contributed by atoms with Gasteiger partial charge in [0.15, 0.2) is 0 Å². The molecule has 0 bridgehead atoms. The molecule has 1 aliphatic heterocycles. The molecule has 1 saturated heterocycles. The number of anilines is 1. The van der Waals surface area contributed by atoms with Crippen molar-refractivity contribution in [2.75, 3.05) is 24.6 Å². The summed E-state index contributed by atoms with van der Waals surface area (Å²) in [6, 6.07) is 6.77. The largest absolute Gasteiger partial charge is 0.394 e. The van der Waals surface area contributed by atoms with Gasteiger partial charge in [-0.3, -0.25) is 0 Å². The maximum absolute atomic E-state index is 9.52. The van der Waals surface area contributed by atoms with E-state index in [9.17, 15) is 5.11 Å². The predicted octanol–water partition coefficient (Wildman–Crippen LogP) is 3.36. The fourth-order valence-electron chi connectivity index (χ4n) is 2.99. The Balaban J connectivity index is 2.19. The molecule has 0 aromatic heterocycles. The summed E-state index contributed by atoms with van der Waals surface area (Å²) in [5.74, 6) is 0. The Kier molecular flexibility index (Phi) is 5.70. The monoisotopic (exact) mass is 296 g/mol. The topological polar surface area (TPSA) is 35.5 Å². The first kappa shape index (κ1) is 15.6. The van der Waals surface area contributed by atoms with E-state index in [1.165, 1.54) is 12.8 Å². The lowest BCUT2D eigenvalue weighted by Crippen LogP contribution is -2.41. The quantitative estimate of drug-likeness (QED) is 0.874. The van der Waals surface area contributed by atoms with Gasteiger partial charge < -0.3 is 15.3 Å². The molecule has 2 unspecified atom stereocenters. The van der Waals surface area contributed by atoms with Crippen LogP contribution in [-0.4, -0.2) is 30.8 Å². The molecule has 1 aromatic carbocycles. The van der Waals surface area contributed by atoms with Crippen LogP contribution in [0.5, 0.6) is 0 Å². The van der Waals surface area contributed by atoms with E-state index in [2.05, 4.69) is 36.2 Å². The van der Waals surface area contributed by atoms with Gasteiger partial charge in [-0.15, -0.1) is 0 Å². The molecular weight excluding hydrogens is 272 g/mol. The lowest BCUT2D eigenvalue weighted by Gasteiger charge is -2.36. The van der Waals surface area contributed by atoms with E-state index >= 15 is 0 Å². The first-order valence-electron chi connectivity index (χ1n) is 7.57. The molecule has 112 valence electrons. The van der Waals surface area contributed by atoms with Gasteiger partial charge >= 0.3 is 0 Å². The van der Waals surface area contributed by atoms with E-state index in [1.807, 2.05) is 6.07 Å². The molecular formula is C16H25ClN2O. The summed E-state index contributed by atoms with van der Waals surface area (Å²) in [6.45, 7) is 6.37. The Hall–Kier alpha value is -0.770. The minimum Gasteiger partial charge on any atom is -0.394 e. The first-order chi connectivity index (χ1) is 9.67. The van der Waals surface area contributed by atoms with E-state index in [0.29, 0.717) is 0 Å². The molecule has 3 nitrogen and oxygen atoms in total. The smallest absolute Gasteiger partial charge is 0.0635 e. The molecule has 2 rings (SSSR count). The predicted molar refractivity (Wildman–Crippen MR) is 85.6 cm³/mol. The summed E-state index contributed by atoms with van der Waals surface area (Å²) in [7, 11) is 0. The number of hydrogen-bond donors (Lipinski definition) is 2. The Labute approximate surface area is 126 Å². The number of nitrogens with zero attached hydrogens (tertiary/aromatic N) is 1. The molecule has 1 aliphatic rings. The molecule has 0 amide bonds. The number of benzene rings is 1. The minimum absolute atomic E-state index is 0.215. The summed E-state index contributed by atoms with van der Waals surface area (Å²) in [5.41, 5.74) is 2.26. The summed E-state index contributed by atoms with van der Waals surface area (Å²) in [6.07, 6.45) is 3.44. The number of aliphatic hydroxyl groups excluding tert-OH is 1.